The van der Waals surface area contributed by atoms with Crippen LogP contribution in [0.25, 0.3) is 22.3 Å². The third kappa shape index (κ3) is 9.16. The van der Waals surface area contributed by atoms with Gasteiger partial charge >= 0.3 is 0 Å². The molecule has 3 aromatic carbocycles. The van der Waals surface area contributed by atoms with E-state index < -0.39 is 0 Å². The lowest BCUT2D eigenvalue weighted by Crippen LogP contribution is -1.93. The van der Waals surface area contributed by atoms with Crippen LogP contribution in [0.5, 0.6) is 0 Å². The Morgan fingerprint density at radius 2 is 1.44 bits per heavy atom. The summed E-state index contributed by atoms with van der Waals surface area (Å²) >= 11 is 6.40. The fraction of sp³-hybridized carbons (Fsp3) is 0.189. The molecule has 3 aromatic rings. The Morgan fingerprint density at radius 3 is 1.97 bits per heavy atom. The quantitative estimate of drug-likeness (QED) is 0.285. The Labute approximate surface area is 241 Å². The van der Waals surface area contributed by atoms with Gasteiger partial charge in [0.25, 0.3) is 0 Å². The van der Waals surface area contributed by atoms with Gasteiger partial charge in [0, 0.05) is 16.3 Å². The first-order chi connectivity index (χ1) is 18.3. The number of rotatable bonds is 8. The third-order valence-corrected chi connectivity index (χ3v) is 7.00. The van der Waals surface area contributed by atoms with Gasteiger partial charge in [-0.25, -0.2) is 0 Å². The molecule has 2 N–H and O–H groups in total. The highest BCUT2D eigenvalue weighted by Crippen LogP contribution is 2.31. The van der Waals surface area contributed by atoms with Crippen LogP contribution in [0.15, 0.2) is 116 Å². The molecule has 202 valence electrons. The van der Waals surface area contributed by atoms with E-state index in [1.54, 1.807) is 0 Å². The second kappa shape index (κ2) is 14.4. The Bertz CT molecular complexity index is 1450. The first kappa shape index (κ1) is 31.4. The van der Waals surface area contributed by atoms with Crippen molar-refractivity contribution >= 4 is 22.7 Å². The van der Waals surface area contributed by atoms with Crippen LogP contribution < -0.4 is 5.73 Å². The molecule has 0 unspecified atom stereocenters. The van der Waals surface area contributed by atoms with Crippen LogP contribution in [0.3, 0.4) is 0 Å². The summed E-state index contributed by atoms with van der Waals surface area (Å²) in [5.74, 6) is 0. The van der Waals surface area contributed by atoms with Crippen molar-refractivity contribution in [3.63, 3.8) is 0 Å². The summed E-state index contributed by atoms with van der Waals surface area (Å²) in [5, 5.41) is 0.784. The van der Waals surface area contributed by atoms with E-state index in [0.717, 1.165) is 50.4 Å². The molecule has 0 aromatic heterocycles. The minimum absolute atomic E-state index is 0.544. The van der Waals surface area contributed by atoms with E-state index in [2.05, 4.69) is 102 Å². The molecule has 0 atom stereocenters. The van der Waals surface area contributed by atoms with E-state index in [0.29, 0.717) is 5.70 Å². The normalized spacial score (nSPS) is 11.1. The zero-order chi connectivity index (χ0) is 29.3. The maximum atomic E-state index is 6.40. The van der Waals surface area contributed by atoms with Gasteiger partial charge in [-0.3, -0.25) is 0 Å². The summed E-state index contributed by atoms with van der Waals surface area (Å²) in [6, 6.07) is 19.0. The molecule has 0 fully saturated rings. The van der Waals surface area contributed by atoms with Crippen LogP contribution in [0.4, 0.5) is 0 Å². The van der Waals surface area contributed by atoms with Gasteiger partial charge in [-0.05, 0) is 116 Å². The van der Waals surface area contributed by atoms with Crippen molar-refractivity contribution in [1.82, 2.24) is 0 Å². The number of allylic oxidation sites excluding steroid dienone is 7. The first-order valence-electron chi connectivity index (χ1n) is 13.1. The number of aryl methyl sites for hydroxylation is 3. The number of benzene rings is 3. The van der Waals surface area contributed by atoms with E-state index in [1.807, 2.05) is 39.0 Å². The maximum Gasteiger partial charge on any atom is 0.0487 e. The van der Waals surface area contributed by atoms with Crippen molar-refractivity contribution < 1.29 is 0 Å². The summed E-state index contributed by atoms with van der Waals surface area (Å²) in [6.07, 6.45) is 6.71. The van der Waals surface area contributed by atoms with E-state index in [9.17, 15) is 0 Å². The van der Waals surface area contributed by atoms with Gasteiger partial charge in [0.05, 0.1) is 0 Å². The van der Waals surface area contributed by atoms with Crippen LogP contribution in [-0.2, 0) is 6.42 Å². The molecule has 0 aliphatic heterocycles. The molecular formula is C37H42ClN. The lowest BCUT2D eigenvalue weighted by molar-refractivity contribution is 1.15. The lowest BCUT2D eigenvalue weighted by Gasteiger charge is -2.10. The average molecular weight is 536 g/mol. The van der Waals surface area contributed by atoms with Crippen LogP contribution in [-0.4, -0.2) is 0 Å². The largest absolute Gasteiger partial charge is 0.399 e. The summed E-state index contributed by atoms with van der Waals surface area (Å²) in [5.41, 5.74) is 20.1. The van der Waals surface area contributed by atoms with E-state index >= 15 is 0 Å². The third-order valence-electron chi connectivity index (χ3n) is 6.68. The molecule has 2 heteroatoms. The van der Waals surface area contributed by atoms with Gasteiger partial charge in [-0.2, -0.15) is 0 Å². The first-order valence-corrected chi connectivity index (χ1v) is 13.5. The number of halogens is 1. The van der Waals surface area contributed by atoms with E-state index in [4.69, 9.17) is 17.3 Å². The van der Waals surface area contributed by atoms with Crippen molar-refractivity contribution in [3.05, 3.63) is 154 Å². The van der Waals surface area contributed by atoms with Crippen molar-refractivity contribution in [2.75, 3.05) is 0 Å². The monoisotopic (exact) mass is 535 g/mol. The van der Waals surface area contributed by atoms with E-state index in [1.165, 1.54) is 27.8 Å². The highest BCUT2D eigenvalue weighted by Gasteiger charge is 2.07. The molecule has 0 aliphatic carbocycles. The Balaban J connectivity index is 0.000000293. The lowest BCUT2D eigenvalue weighted by atomic mass is 9.95. The predicted molar refractivity (Wildman–Crippen MR) is 176 cm³/mol. The van der Waals surface area contributed by atoms with Crippen LogP contribution in [0.1, 0.15) is 54.2 Å². The Hall–Kier alpha value is -3.81. The standard InChI is InChI=1S/C21H22ClN.C16H20/c1-5-17(7-6-16(4)23)18-8-10-19(11-9-18)20-12-14(2)15(3)13-21(20)22;1-11(2)14(6)9-15-8-7-13(5)16(10-15)12(3)4/h5-13H,4,23H2,1-3H3;7-8,10H,1,3,6,9H2,2,4-5H3/b7-6-,17-5+;. The molecule has 0 radical (unpaired) electrons. The highest BCUT2D eigenvalue weighted by molar-refractivity contribution is 6.33. The molecule has 0 bridgehead atoms. The summed E-state index contributed by atoms with van der Waals surface area (Å²) < 4.78 is 0. The zero-order valence-electron chi connectivity index (χ0n) is 24.4. The van der Waals surface area contributed by atoms with Crippen molar-refractivity contribution in [1.29, 1.82) is 0 Å². The molecule has 0 spiro atoms. The summed E-state index contributed by atoms with van der Waals surface area (Å²) in [6.45, 7) is 28.0. The zero-order valence-corrected chi connectivity index (χ0v) is 25.2. The molecule has 0 saturated heterocycles. The minimum atomic E-state index is 0.544. The second-order valence-electron chi connectivity index (χ2n) is 10.1. The molecule has 39 heavy (non-hydrogen) atoms. The van der Waals surface area contributed by atoms with E-state index in [-0.39, 0.29) is 0 Å². The molecule has 0 saturated carbocycles. The highest BCUT2D eigenvalue weighted by atomic mass is 35.5. The fourth-order valence-electron chi connectivity index (χ4n) is 4.04. The van der Waals surface area contributed by atoms with Gasteiger partial charge in [-0.15, -0.1) is 0 Å². The molecule has 1 nitrogen and oxygen atoms in total. The average Bonchev–Trinajstić information content (AvgIpc) is 2.88. The molecule has 3 rings (SSSR count). The number of hydrogen-bond donors (Lipinski definition) is 1. The van der Waals surface area contributed by atoms with Crippen LogP contribution in [0.2, 0.25) is 5.02 Å². The Morgan fingerprint density at radius 1 is 0.821 bits per heavy atom. The van der Waals surface area contributed by atoms with Crippen molar-refractivity contribution in [2.45, 2.75) is 48.0 Å². The molecule has 0 heterocycles. The van der Waals surface area contributed by atoms with Crippen molar-refractivity contribution in [2.24, 2.45) is 5.73 Å². The number of hydrogen-bond acceptors (Lipinski definition) is 1. The second-order valence-corrected chi connectivity index (χ2v) is 10.5. The predicted octanol–water partition coefficient (Wildman–Crippen LogP) is 10.8. The SMILES string of the molecule is C=C(C)C(=C)Cc1ccc(C)c(C(=C)C)c1.C=C(N)/C=C\C(=C/C)c1ccc(-c2cc(C)c(C)cc2Cl)cc1. The molecule has 0 aliphatic rings. The minimum Gasteiger partial charge on any atom is -0.399 e. The van der Waals surface area contributed by atoms with Gasteiger partial charge in [0.1, 0.15) is 0 Å². The molecular weight excluding hydrogens is 494 g/mol. The Kier molecular flexibility index (Phi) is 11.6. The van der Waals surface area contributed by atoms with Gasteiger partial charge in [0.15, 0.2) is 0 Å². The smallest absolute Gasteiger partial charge is 0.0487 e. The molecule has 0 amide bonds. The van der Waals surface area contributed by atoms with Gasteiger partial charge in [-0.1, -0.05) is 104 Å². The summed E-state index contributed by atoms with van der Waals surface area (Å²) in [7, 11) is 0. The fourth-order valence-corrected chi connectivity index (χ4v) is 4.36. The van der Waals surface area contributed by atoms with Crippen LogP contribution in [0, 0.1) is 20.8 Å². The summed E-state index contributed by atoms with van der Waals surface area (Å²) in [4.78, 5) is 0. The topological polar surface area (TPSA) is 26.0 Å². The van der Waals surface area contributed by atoms with Gasteiger partial charge < -0.3 is 5.73 Å². The number of nitrogens with two attached hydrogens (primary N) is 1. The van der Waals surface area contributed by atoms with Crippen molar-refractivity contribution in [3.8, 4) is 11.1 Å². The maximum absolute atomic E-state index is 6.40. The van der Waals surface area contributed by atoms with Crippen LogP contribution >= 0.6 is 11.6 Å². The van der Waals surface area contributed by atoms with Gasteiger partial charge in [0.2, 0.25) is 0 Å².